The number of ether oxygens (including phenoxy) is 1. The van der Waals surface area contributed by atoms with Crippen molar-refractivity contribution in [2.24, 2.45) is 0 Å². The van der Waals surface area contributed by atoms with E-state index in [4.69, 9.17) is 4.74 Å². The highest BCUT2D eigenvalue weighted by molar-refractivity contribution is 8.01. The van der Waals surface area contributed by atoms with E-state index in [0.717, 1.165) is 26.0 Å². The number of nitrogens with one attached hydrogen (secondary N) is 1. The van der Waals surface area contributed by atoms with Gasteiger partial charge in [-0.05, 0) is 18.4 Å². The van der Waals surface area contributed by atoms with Crippen LogP contribution in [0.5, 0.6) is 0 Å². The highest BCUT2D eigenvalue weighted by Gasteiger charge is 2.23. The number of carbonyl (C=O) groups excluding carboxylic acids is 2. The van der Waals surface area contributed by atoms with Gasteiger partial charge < -0.3 is 10.1 Å². The third-order valence-electron chi connectivity index (χ3n) is 4.19. The van der Waals surface area contributed by atoms with E-state index in [9.17, 15) is 9.59 Å². The van der Waals surface area contributed by atoms with Gasteiger partial charge in [-0.2, -0.15) is 0 Å². The molecule has 0 saturated heterocycles. The van der Waals surface area contributed by atoms with Gasteiger partial charge in [0.2, 0.25) is 5.91 Å². The Kier molecular flexibility index (Phi) is 7.18. The summed E-state index contributed by atoms with van der Waals surface area (Å²) in [6.45, 7) is 2.04. The maximum atomic E-state index is 12.6. The zero-order chi connectivity index (χ0) is 21.6. The number of carbonyl (C=O) groups is 2. The number of esters is 1. The van der Waals surface area contributed by atoms with Crippen LogP contribution in [0.15, 0.2) is 62.9 Å². The second-order valence-corrected chi connectivity index (χ2v) is 10.2. The molecule has 0 aliphatic heterocycles. The molecule has 3 aromatic heterocycles. The predicted molar refractivity (Wildman–Crippen MR) is 130 cm³/mol. The smallest absolute Gasteiger partial charge is 0.341 e. The van der Waals surface area contributed by atoms with Crippen LogP contribution in [0.2, 0.25) is 0 Å². The Hall–Kier alpha value is -2.46. The number of hydrogen-bond acceptors (Lipinski definition) is 8. The van der Waals surface area contributed by atoms with E-state index in [-0.39, 0.29) is 18.3 Å². The number of anilines is 1. The molecule has 0 radical (unpaired) electrons. The van der Waals surface area contributed by atoms with Gasteiger partial charge in [0.15, 0.2) is 4.34 Å². The molecule has 4 aromatic rings. The number of nitrogens with zero attached hydrogens (tertiary/aromatic N) is 1. The van der Waals surface area contributed by atoms with Gasteiger partial charge in [0.1, 0.15) is 10.6 Å². The quantitative estimate of drug-likeness (QED) is 0.227. The van der Waals surface area contributed by atoms with Crippen LogP contribution in [0.25, 0.3) is 21.7 Å². The minimum Gasteiger partial charge on any atom is -0.462 e. The lowest BCUT2D eigenvalue weighted by molar-refractivity contribution is -0.113. The lowest BCUT2D eigenvalue weighted by Gasteiger charge is -2.07. The van der Waals surface area contributed by atoms with Crippen molar-refractivity contribution in [1.29, 1.82) is 0 Å². The van der Waals surface area contributed by atoms with E-state index < -0.39 is 5.97 Å². The normalized spacial score (nSPS) is 10.7. The highest BCUT2D eigenvalue weighted by Crippen LogP contribution is 2.38. The molecule has 9 heteroatoms. The Morgan fingerprint density at radius 3 is 2.65 bits per heavy atom. The standard InChI is InChI=1S/C22H18N2O3S4/c1-2-27-21(26)19-15(17-9-6-10-28-17)11-29-20(19)24-18(25)13-31-22-23-16(12-30-22)14-7-4-3-5-8-14/h3-12H,2,13H2,1H3,(H,24,25). The molecule has 5 nitrogen and oxygen atoms in total. The van der Waals surface area contributed by atoms with Crippen LogP contribution in [-0.2, 0) is 9.53 Å². The van der Waals surface area contributed by atoms with Gasteiger partial charge in [0.25, 0.3) is 0 Å². The molecule has 0 fully saturated rings. The van der Waals surface area contributed by atoms with Crippen molar-refractivity contribution in [3.8, 4) is 21.7 Å². The number of thiazole rings is 1. The molecule has 0 bridgehead atoms. The number of hydrogen-bond donors (Lipinski definition) is 1. The van der Waals surface area contributed by atoms with Crippen LogP contribution in [0, 0.1) is 0 Å². The van der Waals surface area contributed by atoms with E-state index in [2.05, 4.69) is 10.3 Å². The van der Waals surface area contributed by atoms with Crippen molar-refractivity contribution in [2.75, 3.05) is 17.7 Å². The second kappa shape index (κ2) is 10.2. The molecule has 0 aliphatic carbocycles. The topological polar surface area (TPSA) is 68.3 Å². The van der Waals surface area contributed by atoms with Crippen LogP contribution < -0.4 is 5.32 Å². The number of amides is 1. The summed E-state index contributed by atoms with van der Waals surface area (Å²) in [4.78, 5) is 30.7. The second-order valence-electron chi connectivity index (χ2n) is 6.25. The number of aromatic nitrogens is 1. The molecule has 1 N–H and O–H groups in total. The van der Waals surface area contributed by atoms with Gasteiger partial charge >= 0.3 is 5.97 Å². The van der Waals surface area contributed by atoms with Gasteiger partial charge in [-0.25, -0.2) is 9.78 Å². The molecule has 0 saturated carbocycles. The van der Waals surface area contributed by atoms with Crippen molar-refractivity contribution >= 4 is 62.6 Å². The first-order valence-corrected chi connectivity index (χ1v) is 13.0. The lowest BCUT2D eigenvalue weighted by Crippen LogP contribution is -2.16. The third kappa shape index (κ3) is 5.24. The first-order chi connectivity index (χ1) is 15.2. The monoisotopic (exact) mass is 486 g/mol. The van der Waals surface area contributed by atoms with Crippen LogP contribution in [-0.4, -0.2) is 29.2 Å². The van der Waals surface area contributed by atoms with Gasteiger partial charge in [-0.3, -0.25) is 4.79 Å². The van der Waals surface area contributed by atoms with Crippen molar-refractivity contribution in [2.45, 2.75) is 11.3 Å². The zero-order valence-electron chi connectivity index (χ0n) is 16.5. The van der Waals surface area contributed by atoms with Crippen LogP contribution in [0.1, 0.15) is 17.3 Å². The van der Waals surface area contributed by atoms with E-state index in [1.807, 2.05) is 58.6 Å². The van der Waals surface area contributed by atoms with Crippen molar-refractivity contribution in [3.05, 3.63) is 64.2 Å². The Morgan fingerprint density at radius 2 is 1.90 bits per heavy atom. The Labute approximate surface area is 196 Å². The minimum atomic E-state index is -0.428. The number of rotatable bonds is 8. The van der Waals surface area contributed by atoms with Gasteiger partial charge in [-0.15, -0.1) is 34.0 Å². The molecule has 0 atom stereocenters. The largest absolute Gasteiger partial charge is 0.462 e. The maximum absolute atomic E-state index is 12.6. The van der Waals surface area contributed by atoms with Crippen molar-refractivity contribution in [3.63, 3.8) is 0 Å². The molecule has 4 rings (SSSR count). The fourth-order valence-electron chi connectivity index (χ4n) is 2.82. The number of thioether (sulfide) groups is 1. The van der Waals surface area contributed by atoms with Crippen molar-refractivity contribution < 1.29 is 14.3 Å². The van der Waals surface area contributed by atoms with Gasteiger partial charge in [-0.1, -0.05) is 48.2 Å². The van der Waals surface area contributed by atoms with Gasteiger partial charge in [0, 0.05) is 26.8 Å². The molecule has 0 spiro atoms. The molecular weight excluding hydrogens is 469 g/mol. The van der Waals surface area contributed by atoms with E-state index in [0.29, 0.717) is 10.6 Å². The molecule has 31 heavy (non-hydrogen) atoms. The minimum absolute atomic E-state index is 0.188. The average Bonchev–Trinajstić information content (AvgIpc) is 3.53. The van der Waals surface area contributed by atoms with Gasteiger partial charge in [0.05, 0.1) is 18.1 Å². The summed E-state index contributed by atoms with van der Waals surface area (Å²) in [7, 11) is 0. The fourth-order valence-corrected chi connectivity index (χ4v) is 6.25. The molecule has 1 aromatic carbocycles. The molecule has 1 amide bonds. The summed E-state index contributed by atoms with van der Waals surface area (Å²) in [5.41, 5.74) is 3.15. The summed E-state index contributed by atoms with van der Waals surface area (Å²) in [5.74, 6) is -0.412. The molecule has 158 valence electrons. The molecule has 0 unspecified atom stereocenters. The Bertz CT molecular complexity index is 1170. The lowest BCUT2D eigenvalue weighted by atomic mass is 10.1. The number of thiophene rings is 2. The van der Waals surface area contributed by atoms with Crippen LogP contribution in [0.3, 0.4) is 0 Å². The summed E-state index contributed by atoms with van der Waals surface area (Å²) in [5, 5.41) is 9.21. The maximum Gasteiger partial charge on any atom is 0.341 e. The number of benzene rings is 1. The van der Waals surface area contributed by atoms with E-state index >= 15 is 0 Å². The Morgan fingerprint density at radius 1 is 1.06 bits per heavy atom. The highest BCUT2D eigenvalue weighted by atomic mass is 32.2. The average molecular weight is 487 g/mol. The summed E-state index contributed by atoms with van der Waals surface area (Å²) in [6, 6.07) is 13.8. The van der Waals surface area contributed by atoms with Crippen LogP contribution >= 0.6 is 45.8 Å². The van der Waals surface area contributed by atoms with E-state index in [1.165, 1.54) is 34.4 Å². The first kappa shape index (κ1) is 21.8. The zero-order valence-corrected chi connectivity index (χ0v) is 19.8. The first-order valence-electron chi connectivity index (χ1n) is 9.41. The van der Waals surface area contributed by atoms with Crippen molar-refractivity contribution in [1.82, 2.24) is 4.98 Å². The Balaban J connectivity index is 1.44. The summed E-state index contributed by atoms with van der Waals surface area (Å²) < 4.78 is 6.05. The summed E-state index contributed by atoms with van der Waals surface area (Å²) in [6.07, 6.45) is 0. The molecule has 3 heterocycles. The SMILES string of the molecule is CCOC(=O)c1c(-c2cccs2)csc1NC(=O)CSc1nc(-c2ccccc2)cs1. The summed E-state index contributed by atoms with van der Waals surface area (Å²) >= 11 is 5.76. The fraction of sp³-hybridized carbons (Fsp3) is 0.136. The van der Waals surface area contributed by atoms with E-state index in [1.54, 1.807) is 18.3 Å². The van der Waals surface area contributed by atoms with Crippen LogP contribution in [0.4, 0.5) is 5.00 Å². The molecular formula is C22H18N2O3S4. The molecule has 0 aliphatic rings. The predicted octanol–water partition coefficient (Wildman–Crippen LogP) is 6.51. The third-order valence-corrected chi connectivity index (χ3v) is 8.01.